The van der Waals surface area contributed by atoms with Crippen molar-refractivity contribution in [1.29, 1.82) is 0 Å². The van der Waals surface area contributed by atoms with Crippen LogP contribution in [0.3, 0.4) is 0 Å². The van der Waals surface area contributed by atoms with Gasteiger partial charge in [0.15, 0.2) is 0 Å². The average Bonchev–Trinajstić information content (AvgIpc) is 2.74. The molecule has 1 N–H and O–H groups in total. The lowest BCUT2D eigenvalue weighted by Crippen LogP contribution is -2.35. The van der Waals surface area contributed by atoms with Crippen LogP contribution in [0.4, 0.5) is 5.69 Å². The summed E-state index contributed by atoms with van der Waals surface area (Å²) in [5.74, 6) is 0.150. The van der Waals surface area contributed by atoms with E-state index >= 15 is 0 Å². The summed E-state index contributed by atoms with van der Waals surface area (Å²) < 4.78 is 33.1. The summed E-state index contributed by atoms with van der Waals surface area (Å²) in [6.07, 6.45) is 2.80. The number of anilines is 1. The number of benzene rings is 2. The summed E-state index contributed by atoms with van der Waals surface area (Å²) in [4.78, 5) is 15.0. The van der Waals surface area contributed by atoms with Gasteiger partial charge in [-0.05, 0) is 57.3 Å². The fraction of sp³-hybridized carbons (Fsp3) is 0.409. The maximum Gasteiger partial charge on any atom is 0.259 e. The summed E-state index contributed by atoms with van der Waals surface area (Å²) >= 11 is 0. The molecule has 30 heavy (non-hydrogen) atoms. The van der Waals surface area contributed by atoms with Gasteiger partial charge >= 0.3 is 0 Å². The number of nitrogens with zero attached hydrogens (tertiary/aromatic N) is 2. The number of likely N-dealkylation sites (N-methyl/N-ethyl adjacent to an activating group) is 1. The van der Waals surface area contributed by atoms with Crippen molar-refractivity contribution in [3.05, 3.63) is 54.1 Å². The summed E-state index contributed by atoms with van der Waals surface area (Å²) in [6.45, 7) is 2.26. The zero-order chi connectivity index (χ0) is 21.6. The molecule has 1 aliphatic rings. The highest BCUT2D eigenvalue weighted by Crippen LogP contribution is 2.24. The lowest BCUT2D eigenvalue weighted by Gasteiger charge is -2.26. The minimum Gasteiger partial charge on any atom is -0.491 e. The molecule has 1 amide bonds. The first-order valence-electron chi connectivity index (χ1n) is 10.2. The SMILES string of the molecule is CN(C)CCOc1ccccc1C(=O)Nc1cccc(S(=O)(=O)N2CCCCC2)c1. The number of amides is 1. The van der Waals surface area contributed by atoms with E-state index < -0.39 is 10.0 Å². The number of hydrogen-bond donors (Lipinski definition) is 1. The number of sulfonamides is 1. The van der Waals surface area contributed by atoms with Gasteiger partial charge in [-0.1, -0.05) is 24.6 Å². The van der Waals surface area contributed by atoms with E-state index in [1.165, 1.54) is 10.4 Å². The van der Waals surface area contributed by atoms with Crippen LogP contribution < -0.4 is 10.1 Å². The van der Waals surface area contributed by atoms with Crippen LogP contribution in [0.2, 0.25) is 0 Å². The molecule has 1 fully saturated rings. The molecule has 0 unspecified atom stereocenters. The van der Waals surface area contributed by atoms with Gasteiger partial charge in [0, 0.05) is 25.3 Å². The van der Waals surface area contributed by atoms with Crippen molar-refractivity contribution in [2.75, 3.05) is 45.7 Å². The zero-order valence-electron chi connectivity index (χ0n) is 17.5. The van der Waals surface area contributed by atoms with Crippen molar-refractivity contribution < 1.29 is 17.9 Å². The van der Waals surface area contributed by atoms with Crippen LogP contribution in [0.5, 0.6) is 5.75 Å². The van der Waals surface area contributed by atoms with Gasteiger partial charge in [-0.3, -0.25) is 4.79 Å². The van der Waals surface area contributed by atoms with Crippen LogP contribution >= 0.6 is 0 Å². The van der Waals surface area contributed by atoms with E-state index in [-0.39, 0.29) is 10.8 Å². The van der Waals surface area contributed by atoms with Crippen molar-refractivity contribution in [3.8, 4) is 5.75 Å². The Hall–Kier alpha value is -2.42. The van der Waals surface area contributed by atoms with Gasteiger partial charge in [0.05, 0.1) is 10.5 Å². The van der Waals surface area contributed by atoms with E-state index in [9.17, 15) is 13.2 Å². The first-order chi connectivity index (χ1) is 14.4. The van der Waals surface area contributed by atoms with E-state index in [0.717, 1.165) is 25.8 Å². The van der Waals surface area contributed by atoms with Crippen LogP contribution in [0.15, 0.2) is 53.4 Å². The Morgan fingerprint density at radius 1 is 1.07 bits per heavy atom. The van der Waals surface area contributed by atoms with Crippen LogP contribution in [-0.4, -0.2) is 63.9 Å². The molecule has 0 aromatic heterocycles. The summed E-state index contributed by atoms with van der Waals surface area (Å²) in [5.41, 5.74) is 0.835. The number of carbonyl (C=O) groups is 1. The Bertz CT molecular complexity index is 970. The van der Waals surface area contributed by atoms with Crippen LogP contribution in [0.25, 0.3) is 0 Å². The van der Waals surface area contributed by atoms with Gasteiger partial charge in [0.25, 0.3) is 5.91 Å². The molecule has 0 atom stereocenters. The fourth-order valence-corrected chi connectivity index (χ4v) is 4.87. The predicted molar refractivity (Wildman–Crippen MR) is 117 cm³/mol. The van der Waals surface area contributed by atoms with Crippen LogP contribution in [0, 0.1) is 0 Å². The molecule has 8 heteroatoms. The number of hydrogen-bond acceptors (Lipinski definition) is 5. The molecular formula is C22H29N3O4S. The summed E-state index contributed by atoms with van der Waals surface area (Å²) in [7, 11) is 0.342. The standard InChI is InChI=1S/C22H29N3O4S/c1-24(2)15-16-29-21-12-5-4-11-20(21)22(26)23-18-9-8-10-19(17-18)30(27,28)25-13-6-3-7-14-25/h4-5,8-12,17H,3,6-7,13-16H2,1-2H3,(H,23,26). The van der Waals surface area contributed by atoms with Gasteiger partial charge < -0.3 is 15.0 Å². The lowest BCUT2D eigenvalue weighted by atomic mass is 10.2. The van der Waals surface area contributed by atoms with E-state index in [1.54, 1.807) is 36.4 Å². The predicted octanol–water partition coefficient (Wildman–Crippen LogP) is 3.05. The zero-order valence-corrected chi connectivity index (χ0v) is 18.3. The lowest BCUT2D eigenvalue weighted by molar-refractivity contribution is 0.102. The second-order valence-electron chi connectivity index (χ2n) is 7.59. The van der Waals surface area contributed by atoms with Crippen LogP contribution in [0.1, 0.15) is 29.6 Å². The number of piperidine rings is 1. The molecule has 0 spiro atoms. The van der Waals surface area contributed by atoms with Crippen LogP contribution in [-0.2, 0) is 10.0 Å². The van der Waals surface area contributed by atoms with Gasteiger partial charge in [0.1, 0.15) is 12.4 Å². The van der Waals surface area contributed by atoms with Crippen molar-refractivity contribution in [3.63, 3.8) is 0 Å². The number of para-hydroxylation sites is 1. The van der Waals surface area contributed by atoms with E-state index in [0.29, 0.717) is 36.7 Å². The molecule has 0 saturated carbocycles. The number of carbonyl (C=O) groups excluding carboxylic acids is 1. The molecule has 3 rings (SSSR count). The molecule has 7 nitrogen and oxygen atoms in total. The molecule has 2 aromatic carbocycles. The summed E-state index contributed by atoms with van der Waals surface area (Å²) in [5, 5.41) is 2.80. The van der Waals surface area contributed by atoms with E-state index in [1.807, 2.05) is 25.1 Å². The fourth-order valence-electron chi connectivity index (χ4n) is 3.31. The number of rotatable bonds is 8. The van der Waals surface area contributed by atoms with Gasteiger partial charge in [-0.2, -0.15) is 4.31 Å². The average molecular weight is 432 g/mol. The van der Waals surface area contributed by atoms with Crippen molar-refractivity contribution in [1.82, 2.24) is 9.21 Å². The van der Waals surface area contributed by atoms with Gasteiger partial charge in [-0.25, -0.2) is 8.42 Å². The molecule has 1 aliphatic heterocycles. The number of ether oxygens (including phenoxy) is 1. The minimum absolute atomic E-state index is 0.192. The Kier molecular flexibility index (Phi) is 7.47. The molecule has 1 saturated heterocycles. The molecule has 1 heterocycles. The van der Waals surface area contributed by atoms with Crippen molar-refractivity contribution >= 4 is 21.6 Å². The third kappa shape index (κ3) is 5.59. The summed E-state index contributed by atoms with van der Waals surface area (Å²) in [6, 6.07) is 13.4. The maximum absolute atomic E-state index is 12.9. The Morgan fingerprint density at radius 3 is 2.53 bits per heavy atom. The first kappa shape index (κ1) is 22.3. The van der Waals surface area contributed by atoms with Gasteiger partial charge in [0.2, 0.25) is 10.0 Å². The molecule has 2 aromatic rings. The molecule has 0 radical (unpaired) electrons. The second kappa shape index (κ2) is 10.1. The molecular weight excluding hydrogens is 402 g/mol. The van der Waals surface area contributed by atoms with Gasteiger partial charge in [-0.15, -0.1) is 0 Å². The largest absolute Gasteiger partial charge is 0.491 e. The highest BCUT2D eigenvalue weighted by atomic mass is 32.2. The monoisotopic (exact) mass is 431 g/mol. The second-order valence-corrected chi connectivity index (χ2v) is 9.53. The smallest absolute Gasteiger partial charge is 0.259 e. The maximum atomic E-state index is 12.9. The van der Waals surface area contributed by atoms with E-state index in [2.05, 4.69) is 5.32 Å². The highest BCUT2D eigenvalue weighted by Gasteiger charge is 2.26. The minimum atomic E-state index is -3.56. The van der Waals surface area contributed by atoms with E-state index in [4.69, 9.17) is 4.74 Å². The third-order valence-electron chi connectivity index (χ3n) is 4.97. The molecule has 0 bridgehead atoms. The first-order valence-corrected chi connectivity index (χ1v) is 11.6. The Labute approximate surface area is 178 Å². The van der Waals surface area contributed by atoms with Crippen molar-refractivity contribution in [2.24, 2.45) is 0 Å². The molecule has 162 valence electrons. The topological polar surface area (TPSA) is 79.0 Å². The molecule has 0 aliphatic carbocycles. The highest BCUT2D eigenvalue weighted by molar-refractivity contribution is 7.89. The Balaban J connectivity index is 1.74. The van der Waals surface area contributed by atoms with Crippen molar-refractivity contribution in [2.45, 2.75) is 24.2 Å². The normalized spacial score (nSPS) is 15.2. The quantitative estimate of drug-likeness (QED) is 0.695. The Morgan fingerprint density at radius 2 is 1.80 bits per heavy atom. The number of nitrogens with one attached hydrogen (secondary N) is 1. The third-order valence-corrected chi connectivity index (χ3v) is 6.87.